The summed E-state index contributed by atoms with van der Waals surface area (Å²) in [5.74, 6) is 0.508. The van der Waals surface area contributed by atoms with E-state index in [0.29, 0.717) is 12.1 Å². The fourth-order valence-corrected chi connectivity index (χ4v) is 4.29. The number of methoxy groups -OCH3 is 1. The van der Waals surface area contributed by atoms with Gasteiger partial charge < -0.3 is 15.0 Å². The summed E-state index contributed by atoms with van der Waals surface area (Å²) in [7, 11) is 1.36. The molecular weight excluding hydrogens is 386 g/mol. The van der Waals surface area contributed by atoms with Crippen LogP contribution in [0, 0.1) is 0 Å². The van der Waals surface area contributed by atoms with E-state index in [1.807, 2.05) is 36.5 Å². The highest BCUT2D eigenvalue weighted by molar-refractivity contribution is 8.00. The summed E-state index contributed by atoms with van der Waals surface area (Å²) in [5, 5.41) is 2.56. The van der Waals surface area contributed by atoms with Gasteiger partial charge in [-0.25, -0.2) is 4.98 Å². The second-order valence-electron chi connectivity index (χ2n) is 7.03. The lowest BCUT2D eigenvalue weighted by atomic mass is 10.1. The molecule has 0 saturated carbocycles. The van der Waals surface area contributed by atoms with E-state index in [-0.39, 0.29) is 17.1 Å². The fourth-order valence-electron chi connectivity index (χ4n) is 3.27. The molecular formula is C22H27N3O3S. The lowest BCUT2D eigenvalue weighted by Crippen LogP contribution is -2.30. The van der Waals surface area contributed by atoms with Gasteiger partial charge in [0.25, 0.3) is 5.91 Å². The predicted octanol–water partition coefficient (Wildman–Crippen LogP) is 3.66. The summed E-state index contributed by atoms with van der Waals surface area (Å²) < 4.78 is 4.77. The standard InChI is InChI=1S/C22H27N3O3S/c1-16(22(27)28-2)29-19-9-5-4-8-18(19)21(26)24-15-17-10-11-20(23-14-17)25-12-6-3-7-13-25/h4-5,8-11,14,16H,3,6-7,12-13,15H2,1-2H3,(H,24,26). The van der Waals surface area contributed by atoms with Crippen LogP contribution >= 0.6 is 11.8 Å². The van der Waals surface area contributed by atoms with Crippen molar-refractivity contribution in [1.82, 2.24) is 10.3 Å². The molecule has 0 aliphatic carbocycles. The summed E-state index contributed by atoms with van der Waals surface area (Å²) in [4.78, 5) is 32.0. The van der Waals surface area contributed by atoms with Crippen LogP contribution in [0.5, 0.6) is 0 Å². The van der Waals surface area contributed by atoms with Crippen LogP contribution in [0.3, 0.4) is 0 Å². The normalized spacial score (nSPS) is 14.9. The number of esters is 1. The largest absolute Gasteiger partial charge is 0.468 e. The number of amides is 1. The fraction of sp³-hybridized carbons (Fsp3) is 0.409. The monoisotopic (exact) mass is 413 g/mol. The van der Waals surface area contributed by atoms with Gasteiger partial charge in [-0.2, -0.15) is 0 Å². The number of carbonyl (C=O) groups excluding carboxylic acids is 2. The predicted molar refractivity (Wildman–Crippen MR) is 115 cm³/mol. The molecule has 3 rings (SSSR count). The van der Waals surface area contributed by atoms with Crippen LogP contribution in [0.4, 0.5) is 5.82 Å². The first-order valence-electron chi connectivity index (χ1n) is 9.90. The molecule has 1 aromatic carbocycles. The number of nitrogens with one attached hydrogen (secondary N) is 1. The highest BCUT2D eigenvalue weighted by Crippen LogP contribution is 2.27. The molecule has 1 saturated heterocycles. The molecule has 29 heavy (non-hydrogen) atoms. The van der Waals surface area contributed by atoms with Gasteiger partial charge >= 0.3 is 5.97 Å². The maximum absolute atomic E-state index is 12.7. The zero-order valence-electron chi connectivity index (χ0n) is 16.9. The van der Waals surface area contributed by atoms with Gasteiger partial charge in [0.15, 0.2) is 0 Å². The average Bonchev–Trinajstić information content (AvgIpc) is 2.78. The highest BCUT2D eigenvalue weighted by atomic mass is 32.2. The van der Waals surface area contributed by atoms with Crippen molar-refractivity contribution in [1.29, 1.82) is 0 Å². The van der Waals surface area contributed by atoms with Gasteiger partial charge in [-0.1, -0.05) is 18.2 Å². The van der Waals surface area contributed by atoms with Crippen LogP contribution in [0.2, 0.25) is 0 Å². The Morgan fingerprint density at radius 1 is 1.17 bits per heavy atom. The van der Waals surface area contributed by atoms with E-state index in [1.54, 1.807) is 13.0 Å². The average molecular weight is 414 g/mol. The molecule has 154 valence electrons. The topological polar surface area (TPSA) is 71.5 Å². The van der Waals surface area contributed by atoms with Crippen LogP contribution in [0.1, 0.15) is 42.1 Å². The van der Waals surface area contributed by atoms with Crippen molar-refractivity contribution in [3.05, 3.63) is 53.7 Å². The highest BCUT2D eigenvalue weighted by Gasteiger charge is 2.19. The number of thioether (sulfide) groups is 1. The van der Waals surface area contributed by atoms with E-state index in [4.69, 9.17) is 4.74 Å². The van der Waals surface area contributed by atoms with Gasteiger partial charge in [0, 0.05) is 30.7 Å². The first kappa shape index (κ1) is 21.2. The van der Waals surface area contributed by atoms with Crippen molar-refractivity contribution >= 4 is 29.5 Å². The second kappa shape index (κ2) is 10.3. The third kappa shape index (κ3) is 5.73. The molecule has 1 aliphatic rings. The smallest absolute Gasteiger partial charge is 0.318 e. The Balaban J connectivity index is 1.60. The SMILES string of the molecule is COC(=O)C(C)Sc1ccccc1C(=O)NCc1ccc(N2CCCCC2)nc1. The number of nitrogens with zero attached hydrogens (tertiary/aromatic N) is 2. The number of hydrogen-bond acceptors (Lipinski definition) is 6. The molecule has 1 aliphatic heterocycles. The molecule has 1 unspecified atom stereocenters. The molecule has 1 atom stereocenters. The zero-order valence-corrected chi connectivity index (χ0v) is 17.7. The number of benzene rings is 1. The summed E-state index contributed by atoms with van der Waals surface area (Å²) in [5.41, 5.74) is 1.50. The summed E-state index contributed by atoms with van der Waals surface area (Å²) in [6.07, 6.45) is 5.54. The Morgan fingerprint density at radius 2 is 1.93 bits per heavy atom. The lowest BCUT2D eigenvalue weighted by molar-refractivity contribution is -0.139. The summed E-state index contributed by atoms with van der Waals surface area (Å²) in [6.45, 7) is 4.28. The number of rotatable bonds is 7. The second-order valence-corrected chi connectivity index (χ2v) is 8.42. The number of aromatic nitrogens is 1. The number of piperidine rings is 1. The number of pyridine rings is 1. The maximum atomic E-state index is 12.7. The van der Waals surface area contributed by atoms with E-state index in [1.165, 1.54) is 38.1 Å². The first-order chi connectivity index (χ1) is 14.1. The molecule has 0 spiro atoms. The van der Waals surface area contributed by atoms with E-state index in [9.17, 15) is 9.59 Å². The maximum Gasteiger partial charge on any atom is 0.318 e. The van der Waals surface area contributed by atoms with Gasteiger partial charge in [-0.15, -0.1) is 11.8 Å². The number of ether oxygens (including phenoxy) is 1. The van der Waals surface area contributed by atoms with E-state index in [0.717, 1.165) is 29.4 Å². The summed E-state index contributed by atoms with van der Waals surface area (Å²) in [6, 6.07) is 11.3. The molecule has 1 N–H and O–H groups in total. The molecule has 1 aromatic heterocycles. The third-order valence-electron chi connectivity index (χ3n) is 4.91. The van der Waals surface area contributed by atoms with Crippen molar-refractivity contribution < 1.29 is 14.3 Å². The Bertz CT molecular complexity index is 835. The van der Waals surface area contributed by atoms with Gasteiger partial charge in [0.1, 0.15) is 11.1 Å². The van der Waals surface area contributed by atoms with Crippen LogP contribution in [0.25, 0.3) is 0 Å². The van der Waals surface area contributed by atoms with Crippen molar-refractivity contribution in [3.8, 4) is 0 Å². The third-order valence-corrected chi connectivity index (χ3v) is 6.07. The van der Waals surface area contributed by atoms with Crippen LogP contribution < -0.4 is 10.2 Å². The molecule has 1 amide bonds. The van der Waals surface area contributed by atoms with E-state index in [2.05, 4.69) is 15.2 Å². The van der Waals surface area contributed by atoms with Gasteiger partial charge in [-0.05, 0) is 49.9 Å². The minimum absolute atomic E-state index is 0.176. The Morgan fingerprint density at radius 3 is 2.62 bits per heavy atom. The van der Waals surface area contributed by atoms with Crippen molar-refractivity contribution in [2.75, 3.05) is 25.1 Å². The van der Waals surface area contributed by atoms with E-state index >= 15 is 0 Å². The lowest BCUT2D eigenvalue weighted by Gasteiger charge is -2.27. The molecule has 2 heterocycles. The first-order valence-corrected chi connectivity index (χ1v) is 10.8. The van der Waals surface area contributed by atoms with Crippen LogP contribution in [-0.2, 0) is 16.1 Å². The minimum Gasteiger partial charge on any atom is -0.468 e. The molecule has 2 aromatic rings. The van der Waals surface area contributed by atoms with Crippen molar-refractivity contribution in [2.45, 2.75) is 42.9 Å². The van der Waals surface area contributed by atoms with Crippen LogP contribution in [0.15, 0.2) is 47.5 Å². The van der Waals surface area contributed by atoms with Crippen molar-refractivity contribution in [3.63, 3.8) is 0 Å². The van der Waals surface area contributed by atoms with E-state index < -0.39 is 0 Å². The van der Waals surface area contributed by atoms with Crippen LogP contribution in [-0.4, -0.2) is 42.3 Å². The number of anilines is 1. The molecule has 7 heteroatoms. The number of hydrogen-bond donors (Lipinski definition) is 1. The Hall–Kier alpha value is -2.54. The van der Waals surface area contributed by atoms with Gasteiger partial charge in [0.05, 0.1) is 12.7 Å². The minimum atomic E-state index is -0.388. The van der Waals surface area contributed by atoms with Crippen molar-refractivity contribution in [2.24, 2.45) is 0 Å². The quantitative estimate of drug-likeness (QED) is 0.552. The zero-order chi connectivity index (χ0) is 20.6. The van der Waals surface area contributed by atoms with Gasteiger partial charge in [0.2, 0.25) is 0 Å². The Labute approximate surface area is 176 Å². The summed E-state index contributed by atoms with van der Waals surface area (Å²) >= 11 is 1.32. The molecule has 0 bridgehead atoms. The number of carbonyl (C=O) groups is 2. The molecule has 1 fully saturated rings. The van der Waals surface area contributed by atoms with Gasteiger partial charge in [-0.3, -0.25) is 9.59 Å². The molecule has 6 nitrogen and oxygen atoms in total. The molecule has 0 radical (unpaired) electrons. The Kier molecular flexibility index (Phi) is 7.52.